The molecule has 352 valence electrons. The zero-order valence-electron chi connectivity index (χ0n) is 37.1. The molecule has 15 nitrogen and oxygen atoms in total. The molecule has 3 aliphatic heterocycles. The number of nitrogens with zero attached hydrogens (tertiary/aromatic N) is 4. The molecule has 3 heterocycles. The standard InChI is InChI=1S/C43H62Cl2F3N7O8/c1-8-30-39(60)52(5)19-11-9-14-32(35(56)51-31(22-25(2)3)40(61)54(7)34(37(58)50-30)24-27-23-28(44)16-17-29(27)45)53(6)38(59)26(4)49-36(57)33-15-13-20-55(33)41(62)42(43(46,47)48)18-10-12-21-63-42/h16-17,23,25-26,30-34H,8-15,18-22,24H2,1-7H3,(H,49,57)(H,50,58)(H,51,56)/t26-,30+,31-,32-,33-,34-,42?/m0/s1. The number of benzene rings is 1. The number of likely N-dealkylation sites (N-methyl/N-ethyl adjacent to an activating group) is 3. The molecule has 3 N–H and O–H groups in total. The number of rotatable bonds is 10. The molecule has 63 heavy (non-hydrogen) atoms. The van der Waals surface area contributed by atoms with Gasteiger partial charge in [0.1, 0.15) is 36.3 Å². The zero-order chi connectivity index (χ0) is 47.0. The van der Waals surface area contributed by atoms with Crippen LogP contribution in [-0.2, 0) is 44.7 Å². The number of carbonyl (C=O) groups is 7. The highest BCUT2D eigenvalue weighted by atomic mass is 35.5. The molecule has 3 aliphatic rings. The molecule has 3 saturated heterocycles. The summed E-state index contributed by atoms with van der Waals surface area (Å²) < 4.78 is 48.2. The Labute approximate surface area is 377 Å². The number of nitrogens with one attached hydrogen (secondary N) is 3. The van der Waals surface area contributed by atoms with Crippen LogP contribution in [0.4, 0.5) is 13.2 Å². The second kappa shape index (κ2) is 22.2. The number of ether oxygens (including phenoxy) is 1. The van der Waals surface area contributed by atoms with Crippen molar-refractivity contribution in [1.29, 1.82) is 0 Å². The number of carbonyl (C=O) groups excluding carboxylic acids is 7. The van der Waals surface area contributed by atoms with E-state index in [0.29, 0.717) is 34.9 Å². The van der Waals surface area contributed by atoms with Crippen LogP contribution in [0.5, 0.6) is 0 Å². The van der Waals surface area contributed by atoms with E-state index in [0.717, 1.165) is 9.80 Å². The predicted molar refractivity (Wildman–Crippen MR) is 229 cm³/mol. The van der Waals surface area contributed by atoms with Crippen molar-refractivity contribution in [2.45, 2.75) is 146 Å². The first-order chi connectivity index (χ1) is 29.5. The fourth-order valence-electron chi connectivity index (χ4n) is 8.50. The molecule has 0 radical (unpaired) electrons. The van der Waals surface area contributed by atoms with Crippen molar-refractivity contribution in [2.75, 3.05) is 40.8 Å². The van der Waals surface area contributed by atoms with Crippen LogP contribution in [0.25, 0.3) is 0 Å². The molecule has 0 aliphatic carbocycles. The average molecular weight is 933 g/mol. The summed E-state index contributed by atoms with van der Waals surface area (Å²) in [6.07, 6.45) is -3.62. The second-order valence-corrected chi connectivity index (χ2v) is 18.1. The smallest absolute Gasteiger partial charge is 0.357 e. The lowest BCUT2D eigenvalue weighted by molar-refractivity contribution is -0.281. The first-order valence-electron chi connectivity index (χ1n) is 21.7. The highest BCUT2D eigenvalue weighted by Crippen LogP contribution is 2.43. The van der Waals surface area contributed by atoms with Crippen molar-refractivity contribution in [3.05, 3.63) is 33.8 Å². The highest BCUT2D eigenvalue weighted by molar-refractivity contribution is 6.33. The normalized spacial score (nSPS) is 26.6. The predicted octanol–water partition coefficient (Wildman–Crippen LogP) is 4.26. The van der Waals surface area contributed by atoms with E-state index in [4.69, 9.17) is 27.9 Å². The summed E-state index contributed by atoms with van der Waals surface area (Å²) in [5.41, 5.74) is -2.59. The largest absolute Gasteiger partial charge is 0.426 e. The third kappa shape index (κ3) is 12.4. The maximum Gasteiger partial charge on any atom is 0.426 e. The lowest BCUT2D eigenvalue weighted by atomic mass is 9.91. The quantitative estimate of drug-likeness (QED) is 0.312. The van der Waals surface area contributed by atoms with Crippen molar-refractivity contribution < 1.29 is 51.5 Å². The Morgan fingerprint density at radius 2 is 1.62 bits per heavy atom. The third-order valence-corrected chi connectivity index (χ3v) is 12.8. The molecule has 1 unspecified atom stereocenters. The molecule has 0 saturated carbocycles. The molecule has 7 atom stereocenters. The van der Waals surface area contributed by atoms with Crippen LogP contribution in [0.1, 0.15) is 97.5 Å². The summed E-state index contributed by atoms with van der Waals surface area (Å²) >= 11 is 12.8. The molecule has 4 rings (SSSR count). The fourth-order valence-corrected chi connectivity index (χ4v) is 8.89. The number of hydrogen-bond donors (Lipinski definition) is 3. The van der Waals surface area contributed by atoms with E-state index >= 15 is 0 Å². The van der Waals surface area contributed by atoms with E-state index in [1.54, 1.807) is 32.2 Å². The van der Waals surface area contributed by atoms with Crippen LogP contribution in [0, 0.1) is 5.92 Å². The minimum Gasteiger partial charge on any atom is -0.357 e. The molecule has 3 fully saturated rings. The highest BCUT2D eigenvalue weighted by Gasteiger charge is 2.64. The Morgan fingerprint density at radius 3 is 2.24 bits per heavy atom. The number of likely N-dealkylation sites (tertiary alicyclic amines) is 1. The van der Waals surface area contributed by atoms with Crippen molar-refractivity contribution in [3.63, 3.8) is 0 Å². The number of amides is 7. The first kappa shape index (κ1) is 51.5. The van der Waals surface area contributed by atoms with Gasteiger partial charge in [0.2, 0.25) is 41.0 Å². The molecular formula is C43H62Cl2F3N7O8. The Kier molecular flexibility index (Phi) is 18.1. The maximum atomic E-state index is 14.5. The van der Waals surface area contributed by atoms with E-state index in [1.807, 2.05) is 13.8 Å². The number of hydrogen-bond acceptors (Lipinski definition) is 8. The van der Waals surface area contributed by atoms with Crippen LogP contribution in [-0.4, -0.2) is 150 Å². The van der Waals surface area contributed by atoms with Gasteiger partial charge in [-0.2, -0.15) is 13.2 Å². The molecular weight excluding hydrogens is 870 g/mol. The summed E-state index contributed by atoms with van der Waals surface area (Å²) in [5.74, 6) is -5.29. The molecule has 1 aromatic carbocycles. The van der Waals surface area contributed by atoms with Gasteiger partial charge in [0, 0.05) is 57.3 Å². The average Bonchev–Trinajstić information content (AvgIpc) is 3.73. The molecule has 20 heteroatoms. The van der Waals surface area contributed by atoms with Gasteiger partial charge in [0.15, 0.2) is 0 Å². The van der Waals surface area contributed by atoms with E-state index in [9.17, 15) is 46.7 Å². The Morgan fingerprint density at radius 1 is 0.937 bits per heavy atom. The van der Waals surface area contributed by atoms with Gasteiger partial charge in [-0.05, 0) is 101 Å². The van der Waals surface area contributed by atoms with Gasteiger partial charge < -0.3 is 40.3 Å². The summed E-state index contributed by atoms with van der Waals surface area (Å²) in [6.45, 7) is 6.71. The van der Waals surface area contributed by atoms with Crippen LogP contribution < -0.4 is 16.0 Å². The third-order valence-electron chi connectivity index (χ3n) is 12.2. The molecule has 7 amide bonds. The molecule has 1 aromatic rings. The second-order valence-electron chi connectivity index (χ2n) is 17.3. The van der Waals surface area contributed by atoms with E-state index < -0.39 is 89.9 Å². The molecule has 0 spiro atoms. The monoisotopic (exact) mass is 931 g/mol. The fraction of sp³-hybridized carbons (Fsp3) is 0.698. The maximum absolute atomic E-state index is 14.5. The Balaban J connectivity index is 1.61. The lowest BCUT2D eigenvalue weighted by Gasteiger charge is -2.40. The summed E-state index contributed by atoms with van der Waals surface area (Å²) in [5, 5.41) is 8.87. The van der Waals surface area contributed by atoms with Crippen LogP contribution in [0.2, 0.25) is 10.0 Å². The van der Waals surface area contributed by atoms with Crippen molar-refractivity contribution in [2.24, 2.45) is 5.92 Å². The number of alkyl halides is 3. The minimum absolute atomic E-state index is 0.0671. The van der Waals surface area contributed by atoms with Gasteiger partial charge >= 0.3 is 6.18 Å². The Bertz CT molecular complexity index is 1850. The van der Waals surface area contributed by atoms with E-state index in [2.05, 4.69) is 16.0 Å². The zero-order valence-corrected chi connectivity index (χ0v) is 38.6. The summed E-state index contributed by atoms with van der Waals surface area (Å²) in [7, 11) is 4.38. The van der Waals surface area contributed by atoms with E-state index in [-0.39, 0.29) is 76.5 Å². The Hall–Kier alpha value is -4.16. The van der Waals surface area contributed by atoms with Gasteiger partial charge in [-0.1, -0.05) is 44.0 Å². The van der Waals surface area contributed by atoms with Crippen molar-refractivity contribution in [1.82, 2.24) is 35.6 Å². The van der Waals surface area contributed by atoms with Crippen molar-refractivity contribution >= 4 is 64.6 Å². The first-order valence-corrected chi connectivity index (χ1v) is 22.4. The number of halogens is 5. The van der Waals surface area contributed by atoms with Gasteiger partial charge in [0.05, 0.1) is 0 Å². The van der Waals surface area contributed by atoms with Gasteiger partial charge in [-0.3, -0.25) is 33.6 Å². The molecule has 0 bridgehead atoms. The van der Waals surface area contributed by atoms with Gasteiger partial charge in [-0.15, -0.1) is 0 Å². The van der Waals surface area contributed by atoms with Gasteiger partial charge in [0.25, 0.3) is 5.91 Å². The van der Waals surface area contributed by atoms with Crippen LogP contribution >= 0.6 is 23.2 Å². The van der Waals surface area contributed by atoms with Crippen molar-refractivity contribution in [3.8, 4) is 0 Å². The minimum atomic E-state index is -5.01. The topological polar surface area (TPSA) is 178 Å². The van der Waals surface area contributed by atoms with E-state index in [1.165, 1.54) is 30.8 Å². The summed E-state index contributed by atoms with van der Waals surface area (Å²) in [6, 6.07) is -2.33. The van der Waals surface area contributed by atoms with Crippen LogP contribution in [0.3, 0.4) is 0 Å². The SMILES string of the molecule is CC[C@H]1NC(=O)[C@H](Cc2cc(Cl)ccc2Cl)N(C)C(=O)[C@H](CC(C)C)NC(=O)[C@@H](N(C)C(=O)[C@H](C)NC(=O)[C@@H]2CCCN2C(=O)C2(C(F)(F)F)CCCCO2)CCCCN(C)C1=O. The van der Waals surface area contributed by atoms with Gasteiger partial charge in [-0.25, -0.2) is 0 Å². The van der Waals surface area contributed by atoms with Crippen LogP contribution in [0.15, 0.2) is 18.2 Å². The molecule has 0 aromatic heterocycles. The lowest BCUT2D eigenvalue weighted by Crippen LogP contribution is -2.63. The summed E-state index contributed by atoms with van der Waals surface area (Å²) in [4.78, 5) is 103.